The maximum Gasteiger partial charge on any atom is 0.241 e. The van der Waals surface area contributed by atoms with E-state index in [1.165, 1.54) is 0 Å². The summed E-state index contributed by atoms with van der Waals surface area (Å²) in [5.74, 6) is 1.16. The zero-order valence-corrected chi connectivity index (χ0v) is 21.2. The predicted octanol–water partition coefficient (Wildman–Crippen LogP) is 2.87. The summed E-state index contributed by atoms with van der Waals surface area (Å²) in [6, 6.07) is 8.56. The highest BCUT2D eigenvalue weighted by Gasteiger charge is 2.41. The number of nitrogens with zero attached hydrogens (tertiary/aromatic N) is 8. The number of hydrogen-bond donors (Lipinski definition) is 3. The Hall–Kier alpha value is -3.64. The van der Waals surface area contributed by atoms with Gasteiger partial charge in [-0.2, -0.15) is 25.5 Å². The molecule has 0 bridgehead atoms. The topological polar surface area (TPSA) is 141 Å². The molecule has 1 aliphatic carbocycles. The van der Waals surface area contributed by atoms with Crippen molar-refractivity contribution in [3.63, 3.8) is 0 Å². The molecular weight excluding hydrogens is 492 g/mol. The van der Waals surface area contributed by atoms with Crippen molar-refractivity contribution in [2.45, 2.75) is 50.3 Å². The molecule has 37 heavy (non-hydrogen) atoms. The van der Waals surface area contributed by atoms with Gasteiger partial charge in [0.05, 0.1) is 39.8 Å². The lowest BCUT2D eigenvalue weighted by Crippen LogP contribution is -2.64. The second kappa shape index (κ2) is 9.03. The van der Waals surface area contributed by atoms with Crippen LogP contribution in [0.4, 0.5) is 23.3 Å². The molecule has 11 nitrogen and oxygen atoms in total. The summed E-state index contributed by atoms with van der Waals surface area (Å²) in [4.78, 5) is 17.9. The first-order chi connectivity index (χ1) is 17.8. The molecule has 2 saturated heterocycles. The van der Waals surface area contributed by atoms with Crippen LogP contribution in [0.15, 0.2) is 18.3 Å². The zero-order valence-electron chi connectivity index (χ0n) is 20.4. The van der Waals surface area contributed by atoms with Gasteiger partial charge in [0, 0.05) is 38.3 Å². The number of likely N-dealkylation sites (tertiary alicyclic amines) is 1. The van der Waals surface area contributed by atoms with E-state index >= 15 is 0 Å². The molecule has 12 heteroatoms. The van der Waals surface area contributed by atoms with Gasteiger partial charge in [0.2, 0.25) is 17.7 Å². The SMILES string of the molecule is CC1(O)CN(C2CCN(c3cc(C#N)cc(Nc4nc(NC5CC5)n5cc(C#N)nc5n4)c3Cl)CC2)C1. The van der Waals surface area contributed by atoms with Crippen molar-refractivity contribution in [2.24, 2.45) is 0 Å². The molecule has 3 aromatic rings. The molecule has 6 rings (SSSR count). The van der Waals surface area contributed by atoms with Gasteiger partial charge in [-0.1, -0.05) is 11.6 Å². The maximum absolute atomic E-state index is 10.1. The van der Waals surface area contributed by atoms with Gasteiger partial charge in [-0.05, 0) is 44.7 Å². The Kier molecular flexibility index (Phi) is 5.80. The number of fused-ring (bicyclic) bond motifs is 1. The molecule has 4 heterocycles. The lowest BCUT2D eigenvalue weighted by Gasteiger charge is -2.50. The molecule has 1 aromatic carbocycles. The smallest absolute Gasteiger partial charge is 0.241 e. The van der Waals surface area contributed by atoms with Gasteiger partial charge in [-0.15, -0.1) is 0 Å². The molecule has 3 fully saturated rings. The highest BCUT2D eigenvalue weighted by atomic mass is 35.5. The van der Waals surface area contributed by atoms with Crippen LogP contribution < -0.4 is 15.5 Å². The van der Waals surface area contributed by atoms with Crippen LogP contribution in [0, 0.1) is 22.7 Å². The molecule has 0 amide bonds. The number of aromatic nitrogens is 4. The van der Waals surface area contributed by atoms with E-state index < -0.39 is 5.60 Å². The van der Waals surface area contributed by atoms with Crippen LogP contribution in [0.5, 0.6) is 0 Å². The van der Waals surface area contributed by atoms with Crippen LogP contribution >= 0.6 is 11.6 Å². The van der Waals surface area contributed by atoms with Crippen molar-refractivity contribution in [3.8, 4) is 12.1 Å². The third kappa shape index (κ3) is 4.74. The van der Waals surface area contributed by atoms with Crippen molar-refractivity contribution in [2.75, 3.05) is 41.7 Å². The van der Waals surface area contributed by atoms with Crippen molar-refractivity contribution in [3.05, 3.63) is 34.6 Å². The monoisotopic (exact) mass is 518 g/mol. The summed E-state index contributed by atoms with van der Waals surface area (Å²) < 4.78 is 1.67. The predicted molar refractivity (Wildman–Crippen MR) is 139 cm³/mol. The van der Waals surface area contributed by atoms with Crippen molar-refractivity contribution >= 4 is 40.7 Å². The normalized spacial score (nSPS) is 19.8. The number of benzene rings is 1. The van der Waals surface area contributed by atoms with Crippen LogP contribution in [0.2, 0.25) is 5.02 Å². The Morgan fingerprint density at radius 3 is 2.49 bits per heavy atom. The molecule has 3 aliphatic rings. The fourth-order valence-corrected chi connectivity index (χ4v) is 5.45. The van der Waals surface area contributed by atoms with Gasteiger partial charge in [-0.3, -0.25) is 9.30 Å². The van der Waals surface area contributed by atoms with Crippen LogP contribution in [0.3, 0.4) is 0 Å². The van der Waals surface area contributed by atoms with Gasteiger partial charge >= 0.3 is 0 Å². The van der Waals surface area contributed by atoms with E-state index in [4.69, 9.17) is 11.6 Å². The van der Waals surface area contributed by atoms with Gasteiger partial charge in [0.25, 0.3) is 0 Å². The number of imidazole rings is 1. The van der Waals surface area contributed by atoms with Gasteiger partial charge in [-0.25, -0.2) is 0 Å². The highest BCUT2D eigenvalue weighted by Crippen LogP contribution is 2.38. The fourth-order valence-electron chi connectivity index (χ4n) is 5.18. The number of piperidine rings is 1. The third-order valence-corrected chi connectivity index (χ3v) is 7.59. The van der Waals surface area contributed by atoms with Gasteiger partial charge in [0.1, 0.15) is 6.07 Å². The number of hydrogen-bond acceptors (Lipinski definition) is 10. The Morgan fingerprint density at radius 1 is 1.08 bits per heavy atom. The first-order valence-electron chi connectivity index (χ1n) is 12.5. The summed E-state index contributed by atoms with van der Waals surface area (Å²) in [6.45, 7) is 4.91. The minimum atomic E-state index is -0.576. The summed E-state index contributed by atoms with van der Waals surface area (Å²) in [7, 11) is 0. The summed E-state index contributed by atoms with van der Waals surface area (Å²) in [5.41, 5.74) is 1.48. The minimum Gasteiger partial charge on any atom is -0.388 e. The highest BCUT2D eigenvalue weighted by molar-refractivity contribution is 6.36. The molecule has 2 aromatic heterocycles. The number of rotatable bonds is 6. The number of nitrogens with one attached hydrogen (secondary N) is 2. The van der Waals surface area contributed by atoms with Crippen LogP contribution in [0.1, 0.15) is 43.9 Å². The molecule has 0 radical (unpaired) electrons. The van der Waals surface area contributed by atoms with Crippen LogP contribution in [0.25, 0.3) is 5.78 Å². The summed E-state index contributed by atoms with van der Waals surface area (Å²) in [6.07, 6.45) is 5.64. The molecular formula is C25H27ClN10O. The third-order valence-electron chi connectivity index (χ3n) is 7.20. The van der Waals surface area contributed by atoms with Crippen LogP contribution in [-0.2, 0) is 0 Å². The Bertz CT molecular complexity index is 1430. The summed E-state index contributed by atoms with van der Waals surface area (Å²) >= 11 is 6.88. The fraction of sp³-hybridized carbons (Fsp3) is 0.480. The standard InChI is InChI=1S/C25H27ClN10O/c1-25(37)13-35(14-25)18-4-6-34(7-5-18)20-9-15(10-27)8-19(21(20)26)31-22-32-23(29-16-2-3-16)36-12-17(11-28)30-24(36)33-22/h8-9,12,16,18,37H,2-7,13-14H2,1H3,(H2,29,30,31,32,33). The number of halogens is 1. The van der Waals surface area contributed by atoms with E-state index in [9.17, 15) is 15.6 Å². The van der Waals surface area contributed by atoms with Crippen molar-refractivity contribution in [1.29, 1.82) is 10.5 Å². The Morgan fingerprint density at radius 2 is 1.84 bits per heavy atom. The average molecular weight is 519 g/mol. The van der Waals surface area contributed by atoms with Crippen molar-refractivity contribution < 1.29 is 5.11 Å². The van der Waals surface area contributed by atoms with E-state index in [2.05, 4.69) is 41.5 Å². The number of nitriles is 2. The minimum absolute atomic E-state index is 0.252. The number of anilines is 4. The second-order valence-electron chi connectivity index (χ2n) is 10.4. The van der Waals surface area contributed by atoms with E-state index in [1.54, 1.807) is 16.7 Å². The molecule has 0 spiro atoms. The second-order valence-corrected chi connectivity index (χ2v) is 10.8. The van der Waals surface area contributed by atoms with Crippen LogP contribution in [-0.4, -0.2) is 73.2 Å². The lowest BCUT2D eigenvalue weighted by molar-refractivity contribution is -0.105. The molecule has 2 aliphatic heterocycles. The summed E-state index contributed by atoms with van der Waals surface area (Å²) in [5, 5.41) is 36.1. The Balaban J connectivity index is 1.26. The lowest BCUT2D eigenvalue weighted by atomic mass is 9.91. The van der Waals surface area contributed by atoms with E-state index in [1.807, 2.05) is 19.1 Å². The molecule has 190 valence electrons. The number of aliphatic hydroxyl groups is 1. The van der Waals surface area contributed by atoms with Crippen molar-refractivity contribution in [1.82, 2.24) is 24.3 Å². The molecule has 0 atom stereocenters. The average Bonchev–Trinajstić information content (AvgIpc) is 3.59. The van der Waals surface area contributed by atoms with Gasteiger partial charge in [0.15, 0.2) is 5.69 Å². The van der Waals surface area contributed by atoms with Gasteiger partial charge < -0.3 is 20.6 Å². The molecule has 0 unspecified atom stereocenters. The molecule has 1 saturated carbocycles. The largest absolute Gasteiger partial charge is 0.388 e. The Labute approximate surface area is 219 Å². The quantitative estimate of drug-likeness (QED) is 0.446. The maximum atomic E-state index is 10.1. The van der Waals surface area contributed by atoms with E-state index in [0.29, 0.717) is 53.2 Å². The first-order valence-corrected chi connectivity index (χ1v) is 12.9. The molecule has 3 N–H and O–H groups in total. The first kappa shape index (κ1) is 23.7. The van der Waals surface area contributed by atoms with E-state index in [0.717, 1.165) is 44.5 Å². The zero-order chi connectivity index (χ0) is 25.7. The number of β-amino-alcohol motifs (C(OH)–C–C–N with tert-alkyl or cyclic N) is 1. The van der Waals surface area contributed by atoms with E-state index in [-0.39, 0.29) is 11.6 Å².